The topological polar surface area (TPSA) is 71.2 Å². The van der Waals surface area contributed by atoms with Crippen LogP contribution in [0.3, 0.4) is 0 Å². The van der Waals surface area contributed by atoms with E-state index in [-0.39, 0.29) is 6.10 Å². The van der Waals surface area contributed by atoms with Gasteiger partial charge in [0, 0.05) is 6.20 Å². The molecule has 0 spiro atoms. The van der Waals surface area contributed by atoms with E-state index in [2.05, 4.69) is 10.3 Å². The van der Waals surface area contributed by atoms with E-state index < -0.39 is 0 Å². The van der Waals surface area contributed by atoms with Gasteiger partial charge in [-0.3, -0.25) is 0 Å². The molecule has 0 bridgehead atoms. The molecule has 4 heteroatoms. The van der Waals surface area contributed by atoms with Gasteiger partial charge in [0.2, 0.25) is 0 Å². The largest absolute Gasteiger partial charge is 0.392 e. The smallest absolute Gasteiger partial charge is 0.123 e. The summed E-state index contributed by atoms with van der Waals surface area (Å²) in [5, 5.41) is 13.4. The van der Waals surface area contributed by atoms with Gasteiger partial charge in [-0.05, 0) is 56.0 Å². The molecule has 1 saturated heterocycles. The number of hydrogen-bond acceptors (Lipinski definition) is 4. The van der Waals surface area contributed by atoms with Crippen LogP contribution in [0.4, 0.5) is 5.82 Å². The average Bonchev–Trinajstić information content (AvgIpc) is 2.30. The highest BCUT2D eigenvalue weighted by Crippen LogP contribution is 2.19. The second-order valence-corrected chi connectivity index (χ2v) is 4.45. The molecule has 1 aliphatic rings. The molecule has 2 heterocycles. The van der Waals surface area contributed by atoms with Gasteiger partial charge in [0.1, 0.15) is 5.82 Å². The first-order valence-corrected chi connectivity index (χ1v) is 5.85. The fourth-order valence-corrected chi connectivity index (χ4v) is 2.26. The van der Waals surface area contributed by atoms with Crippen LogP contribution in [0.5, 0.6) is 0 Å². The van der Waals surface area contributed by atoms with Crippen molar-refractivity contribution >= 4 is 5.82 Å². The Morgan fingerprint density at radius 1 is 1.50 bits per heavy atom. The monoisotopic (exact) mass is 221 g/mol. The van der Waals surface area contributed by atoms with Crippen LogP contribution >= 0.6 is 0 Å². The Labute approximate surface area is 95.9 Å². The molecule has 1 aliphatic heterocycles. The van der Waals surface area contributed by atoms with E-state index in [0.717, 1.165) is 31.5 Å². The van der Waals surface area contributed by atoms with E-state index in [9.17, 15) is 5.11 Å². The summed E-state index contributed by atoms with van der Waals surface area (Å²) in [4.78, 5) is 3.95. The normalized spacial score (nSPS) is 19.6. The molecule has 0 aromatic carbocycles. The third-order valence-corrected chi connectivity index (χ3v) is 3.22. The van der Waals surface area contributed by atoms with Crippen molar-refractivity contribution in [2.45, 2.75) is 25.4 Å². The lowest BCUT2D eigenvalue weighted by Crippen LogP contribution is -2.35. The summed E-state index contributed by atoms with van der Waals surface area (Å²) >= 11 is 0. The lowest BCUT2D eigenvalue weighted by molar-refractivity contribution is 0.0891. The zero-order valence-corrected chi connectivity index (χ0v) is 9.39. The highest BCUT2D eigenvalue weighted by atomic mass is 16.3. The summed E-state index contributed by atoms with van der Waals surface area (Å²) in [5.74, 6) is 0.936. The third kappa shape index (κ3) is 2.93. The molecule has 1 atom stereocenters. The van der Waals surface area contributed by atoms with Crippen LogP contribution in [0.2, 0.25) is 0 Å². The predicted molar refractivity (Wildman–Crippen MR) is 64.0 cm³/mol. The number of nitrogens with two attached hydrogens (primary N) is 1. The van der Waals surface area contributed by atoms with Crippen LogP contribution in [0, 0.1) is 5.92 Å². The minimum atomic E-state index is -0.260. The molecule has 0 aliphatic carbocycles. The number of pyridine rings is 1. The van der Waals surface area contributed by atoms with Crippen molar-refractivity contribution in [2.75, 3.05) is 18.8 Å². The number of anilines is 1. The summed E-state index contributed by atoms with van der Waals surface area (Å²) in [7, 11) is 0. The Bertz CT molecular complexity index is 337. The molecule has 88 valence electrons. The fourth-order valence-electron chi connectivity index (χ4n) is 2.26. The molecule has 1 aromatic rings. The molecule has 2 rings (SSSR count). The van der Waals surface area contributed by atoms with E-state index in [1.54, 1.807) is 6.20 Å². The average molecular weight is 221 g/mol. The van der Waals surface area contributed by atoms with E-state index in [4.69, 9.17) is 5.73 Å². The van der Waals surface area contributed by atoms with Gasteiger partial charge >= 0.3 is 0 Å². The van der Waals surface area contributed by atoms with Gasteiger partial charge in [0.25, 0.3) is 0 Å². The molecule has 16 heavy (non-hydrogen) atoms. The number of piperidine rings is 1. The van der Waals surface area contributed by atoms with Gasteiger partial charge in [0.15, 0.2) is 0 Å². The fraction of sp³-hybridized carbons (Fsp3) is 0.583. The summed E-state index contributed by atoms with van der Waals surface area (Å²) < 4.78 is 0. The van der Waals surface area contributed by atoms with Crippen molar-refractivity contribution in [3.8, 4) is 0 Å². The Balaban J connectivity index is 1.93. The van der Waals surface area contributed by atoms with Crippen LogP contribution in [0.15, 0.2) is 18.3 Å². The number of aliphatic hydroxyl groups excluding tert-OH is 1. The number of hydrogen-bond donors (Lipinski definition) is 3. The maximum absolute atomic E-state index is 10.1. The van der Waals surface area contributed by atoms with Crippen molar-refractivity contribution in [1.82, 2.24) is 10.3 Å². The number of aromatic nitrogens is 1. The summed E-state index contributed by atoms with van der Waals surface area (Å²) in [5.41, 5.74) is 6.68. The molecule has 4 N–H and O–H groups in total. The van der Waals surface area contributed by atoms with E-state index >= 15 is 0 Å². The number of nitrogens with one attached hydrogen (secondary N) is 1. The number of rotatable bonds is 3. The standard InChI is InChI=1S/C12H19N3O/c13-12-8-9(1-6-15-12)7-11(16)10-2-4-14-5-3-10/h1,6,8,10-11,14,16H,2-5,7H2,(H2,13,15). The minimum Gasteiger partial charge on any atom is -0.392 e. The molecule has 0 radical (unpaired) electrons. The predicted octanol–water partition coefficient (Wildman–Crippen LogP) is 0.567. The van der Waals surface area contributed by atoms with Gasteiger partial charge in [-0.1, -0.05) is 0 Å². The van der Waals surface area contributed by atoms with Gasteiger partial charge < -0.3 is 16.2 Å². The van der Waals surface area contributed by atoms with Crippen molar-refractivity contribution in [2.24, 2.45) is 5.92 Å². The Morgan fingerprint density at radius 3 is 2.94 bits per heavy atom. The van der Waals surface area contributed by atoms with E-state index in [1.165, 1.54) is 0 Å². The number of nitrogen functional groups attached to an aromatic ring is 1. The van der Waals surface area contributed by atoms with Gasteiger partial charge in [-0.15, -0.1) is 0 Å². The van der Waals surface area contributed by atoms with Crippen molar-refractivity contribution in [1.29, 1.82) is 0 Å². The summed E-state index contributed by atoms with van der Waals surface area (Å²) in [6.45, 7) is 2.03. The molecule has 0 saturated carbocycles. The molecular weight excluding hydrogens is 202 g/mol. The second kappa shape index (κ2) is 5.27. The van der Waals surface area contributed by atoms with E-state index in [0.29, 0.717) is 18.2 Å². The number of aliphatic hydroxyl groups is 1. The van der Waals surface area contributed by atoms with Crippen LogP contribution in [-0.2, 0) is 6.42 Å². The Morgan fingerprint density at radius 2 is 2.25 bits per heavy atom. The lowest BCUT2D eigenvalue weighted by atomic mass is 9.89. The zero-order chi connectivity index (χ0) is 11.4. The van der Waals surface area contributed by atoms with Crippen molar-refractivity contribution in [3.05, 3.63) is 23.9 Å². The minimum absolute atomic E-state index is 0.260. The molecule has 1 unspecified atom stereocenters. The summed E-state index contributed by atoms with van der Waals surface area (Å²) in [6.07, 6.45) is 4.23. The molecule has 0 amide bonds. The zero-order valence-electron chi connectivity index (χ0n) is 9.39. The maximum Gasteiger partial charge on any atom is 0.123 e. The quantitative estimate of drug-likeness (QED) is 0.697. The SMILES string of the molecule is Nc1cc(CC(O)C2CCNCC2)ccn1. The van der Waals surface area contributed by atoms with Gasteiger partial charge in [0.05, 0.1) is 6.10 Å². The Hall–Kier alpha value is -1.13. The third-order valence-electron chi connectivity index (χ3n) is 3.22. The summed E-state index contributed by atoms with van der Waals surface area (Å²) in [6, 6.07) is 3.75. The molecular formula is C12H19N3O. The first-order chi connectivity index (χ1) is 7.75. The van der Waals surface area contributed by atoms with Crippen LogP contribution < -0.4 is 11.1 Å². The molecule has 1 fully saturated rings. The number of nitrogens with zero attached hydrogens (tertiary/aromatic N) is 1. The maximum atomic E-state index is 10.1. The lowest BCUT2D eigenvalue weighted by Gasteiger charge is -2.27. The first kappa shape index (κ1) is 11.4. The van der Waals surface area contributed by atoms with Crippen LogP contribution in [-0.4, -0.2) is 29.3 Å². The molecule has 4 nitrogen and oxygen atoms in total. The highest BCUT2D eigenvalue weighted by molar-refractivity contribution is 5.32. The highest BCUT2D eigenvalue weighted by Gasteiger charge is 2.21. The van der Waals surface area contributed by atoms with Crippen LogP contribution in [0.1, 0.15) is 18.4 Å². The van der Waals surface area contributed by atoms with E-state index in [1.807, 2.05) is 12.1 Å². The van der Waals surface area contributed by atoms with Gasteiger partial charge in [-0.2, -0.15) is 0 Å². The second-order valence-electron chi connectivity index (χ2n) is 4.45. The van der Waals surface area contributed by atoms with Crippen LogP contribution in [0.25, 0.3) is 0 Å². The Kier molecular flexibility index (Phi) is 3.74. The van der Waals surface area contributed by atoms with Crippen molar-refractivity contribution < 1.29 is 5.11 Å². The van der Waals surface area contributed by atoms with Gasteiger partial charge in [-0.25, -0.2) is 4.98 Å². The van der Waals surface area contributed by atoms with Crippen molar-refractivity contribution in [3.63, 3.8) is 0 Å². The molecule has 1 aromatic heterocycles. The first-order valence-electron chi connectivity index (χ1n) is 5.85.